The van der Waals surface area contributed by atoms with E-state index in [1.54, 1.807) is 0 Å². The lowest BCUT2D eigenvalue weighted by atomic mass is 9.94. The van der Waals surface area contributed by atoms with Crippen molar-refractivity contribution in [3.8, 4) is 0 Å². The van der Waals surface area contributed by atoms with Crippen molar-refractivity contribution in [1.29, 1.82) is 0 Å². The summed E-state index contributed by atoms with van der Waals surface area (Å²) in [5.74, 6) is -0.128. The molecule has 1 aliphatic rings. The average molecular weight is 318 g/mol. The summed E-state index contributed by atoms with van der Waals surface area (Å²) in [6.07, 6.45) is 8.88. The smallest absolute Gasteiger partial charge is 0.323 e. The summed E-state index contributed by atoms with van der Waals surface area (Å²) in [6.45, 7) is 1.02. The Balaban J connectivity index is 1.84. The summed E-state index contributed by atoms with van der Waals surface area (Å²) in [5, 5.41) is 3.54. The number of hydrogen-bond donors (Lipinski definition) is 2. The Labute approximate surface area is 139 Å². The third-order valence-corrected chi connectivity index (χ3v) is 4.50. The van der Waals surface area contributed by atoms with Gasteiger partial charge in [0, 0.05) is 6.04 Å². The second-order valence-electron chi connectivity index (χ2n) is 6.43. The first-order valence-corrected chi connectivity index (χ1v) is 8.96. The second kappa shape index (κ2) is 10.4. The Morgan fingerprint density at radius 1 is 1.17 bits per heavy atom. The topological polar surface area (TPSA) is 64.3 Å². The van der Waals surface area contributed by atoms with Crippen LogP contribution in [0.15, 0.2) is 30.3 Å². The molecule has 0 amide bonds. The van der Waals surface area contributed by atoms with Crippen molar-refractivity contribution in [2.45, 2.75) is 70.1 Å². The fourth-order valence-corrected chi connectivity index (χ4v) is 3.15. The van der Waals surface area contributed by atoms with E-state index in [9.17, 15) is 4.79 Å². The molecule has 0 radical (unpaired) electrons. The van der Waals surface area contributed by atoms with Crippen LogP contribution >= 0.6 is 0 Å². The highest BCUT2D eigenvalue weighted by molar-refractivity contribution is 5.75. The number of unbranched alkanes of at least 4 members (excludes halogenated alkanes) is 1. The van der Waals surface area contributed by atoms with E-state index in [0.717, 1.165) is 24.8 Å². The lowest BCUT2D eigenvalue weighted by Crippen LogP contribution is -2.45. The van der Waals surface area contributed by atoms with Gasteiger partial charge in [0.05, 0.1) is 0 Å². The summed E-state index contributed by atoms with van der Waals surface area (Å²) >= 11 is 0. The lowest BCUT2D eigenvalue weighted by Gasteiger charge is -2.27. The third kappa shape index (κ3) is 6.71. The number of benzene rings is 1. The van der Waals surface area contributed by atoms with Gasteiger partial charge in [0.1, 0.15) is 12.6 Å². The van der Waals surface area contributed by atoms with Crippen molar-refractivity contribution in [2.75, 3.05) is 6.54 Å². The minimum absolute atomic E-state index is 0.128. The molecule has 0 aromatic heterocycles. The van der Waals surface area contributed by atoms with E-state index in [1.165, 1.54) is 32.1 Å². The van der Waals surface area contributed by atoms with Crippen LogP contribution in [0.1, 0.15) is 56.9 Å². The van der Waals surface area contributed by atoms with Gasteiger partial charge >= 0.3 is 5.97 Å². The molecule has 1 saturated carbocycles. The van der Waals surface area contributed by atoms with Gasteiger partial charge in [0.25, 0.3) is 0 Å². The number of esters is 1. The molecule has 1 aromatic rings. The predicted molar refractivity (Wildman–Crippen MR) is 92.9 cm³/mol. The standard InChI is InChI=1S/C19H30N2O2/c20-14-8-7-13-18(21-17-11-5-2-6-12-17)19(22)23-15-16-9-3-1-4-10-16/h1,3-4,9-10,17-18,21H,2,5-8,11-15,20H2. The Hall–Kier alpha value is -1.39. The van der Waals surface area contributed by atoms with Gasteiger partial charge in [-0.25, -0.2) is 0 Å². The average Bonchev–Trinajstić information content (AvgIpc) is 2.61. The molecule has 128 valence electrons. The Morgan fingerprint density at radius 3 is 2.61 bits per heavy atom. The minimum Gasteiger partial charge on any atom is -0.460 e. The third-order valence-electron chi connectivity index (χ3n) is 4.50. The summed E-state index contributed by atoms with van der Waals surface area (Å²) < 4.78 is 5.53. The van der Waals surface area contributed by atoms with E-state index in [1.807, 2.05) is 30.3 Å². The largest absolute Gasteiger partial charge is 0.460 e. The van der Waals surface area contributed by atoms with Crippen molar-refractivity contribution in [3.63, 3.8) is 0 Å². The molecular weight excluding hydrogens is 288 g/mol. The molecule has 1 fully saturated rings. The van der Waals surface area contributed by atoms with Crippen LogP contribution in [0.4, 0.5) is 0 Å². The molecule has 4 nitrogen and oxygen atoms in total. The molecule has 23 heavy (non-hydrogen) atoms. The number of ether oxygens (including phenoxy) is 1. The number of nitrogens with one attached hydrogen (secondary N) is 1. The van der Waals surface area contributed by atoms with Crippen molar-refractivity contribution >= 4 is 5.97 Å². The number of carbonyl (C=O) groups is 1. The van der Waals surface area contributed by atoms with E-state index in [4.69, 9.17) is 10.5 Å². The summed E-state index contributed by atoms with van der Waals surface area (Å²) in [4.78, 5) is 12.5. The highest BCUT2D eigenvalue weighted by Gasteiger charge is 2.24. The van der Waals surface area contributed by atoms with Crippen LogP contribution in [0.2, 0.25) is 0 Å². The molecule has 1 unspecified atom stereocenters. The van der Waals surface area contributed by atoms with Crippen LogP contribution in [-0.4, -0.2) is 24.6 Å². The van der Waals surface area contributed by atoms with Crippen LogP contribution in [0.5, 0.6) is 0 Å². The zero-order valence-electron chi connectivity index (χ0n) is 14.0. The molecule has 3 N–H and O–H groups in total. The molecule has 0 spiro atoms. The van der Waals surface area contributed by atoms with Gasteiger partial charge in [-0.15, -0.1) is 0 Å². The van der Waals surface area contributed by atoms with E-state index < -0.39 is 0 Å². The summed E-state index contributed by atoms with van der Waals surface area (Å²) in [7, 11) is 0. The van der Waals surface area contributed by atoms with Gasteiger partial charge in [-0.2, -0.15) is 0 Å². The quantitative estimate of drug-likeness (QED) is 0.542. The van der Waals surface area contributed by atoms with Gasteiger partial charge in [0.2, 0.25) is 0 Å². The van der Waals surface area contributed by atoms with Crippen LogP contribution in [0.25, 0.3) is 0 Å². The predicted octanol–water partition coefficient (Wildman–Crippen LogP) is 3.15. The molecule has 2 rings (SSSR count). The summed E-state index contributed by atoms with van der Waals surface area (Å²) in [5.41, 5.74) is 6.60. The fraction of sp³-hybridized carbons (Fsp3) is 0.632. The van der Waals surface area contributed by atoms with E-state index >= 15 is 0 Å². The zero-order chi connectivity index (χ0) is 16.3. The number of hydrogen-bond acceptors (Lipinski definition) is 4. The molecule has 1 aliphatic carbocycles. The minimum atomic E-state index is -0.201. The molecule has 1 atom stereocenters. The van der Waals surface area contributed by atoms with Crippen molar-refractivity contribution < 1.29 is 9.53 Å². The van der Waals surface area contributed by atoms with E-state index in [0.29, 0.717) is 19.2 Å². The van der Waals surface area contributed by atoms with Gasteiger partial charge < -0.3 is 15.8 Å². The molecule has 4 heteroatoms. The highest BCUT2D eigenvalue weighted by atomic mass is 16.5. The van der Waals surface area contributed by atoms with Crippen molar-refractivity contribution in [2.24, 2.45) is 5.73 Å². The van der Waals surface area contributed by atoms with Crippen LogP contribution in [0.3, 0.4) is 0 Å². The van der Waals surface area contributed by atoms with Gasteiger partial charge in [-0.3, -0.25) is 4.79 Å². The molecule has 0 heterocycles. The second-order valence-corrected chi connectivity index (χ2v) is 6.43. The Morgan fingerprint density at radius 2 is 1.91 bits per heavy atom. The molecule has 0 bridgehead atoms. The maximum atomic E-state index is 12.5. The molecule has 1 aromatic carbocycles. The van der Waals surface area contributed by atoms with Crippen molar-refractivity contribution in [3.05, 3.63) is 35.9 Å². The highest BCUT2D eigenvalue weighted by Crippen LogP contribution is 2.19. The summed E-state index contributed by atoms with van der Waals surface area (Å²) in [6, 6.07) is 10.1. The maximum Gasteiger partial charge on any atom is 0.323 e. The van der Waals surface area contributed by atoms with Crippen molar-refractivity contribution in [1.82, 2.24) is 5.32 Å². The van der Waals surface area contributed by atoms with Crippen LogP contribution < -0.4 is 11.1 Å². The number of rotatable bonds is 9. The first kappa shape index (κ1) is 18.0. The Kier molecular flexibility index (Phi) is 8.12. The van der Waals surface area contributed by atoms with Crippen LogP contribution in [-0.2, 0) is 16.1 Å². The number of nitrogens with two attached hydrogens (primary N) is 1. The molecule has 0 aliphatic heterocycles. The lowest BCUT2D eigenvalue weighted by molar-refractivity contribution is -0.148. The zero-order valence-corrected chi connectivity index (χ0v) is 14.0. The monoisotopic (exact) mass is 318 g/mol. The van der Waals surface area contributed by atoms with Crippen LogP contribution in [0, 0.1) is 0 Å². The maximum absolute atomic E-state index is 12.5. The molecular formula is C19H30N2O2. The SMILES string of the molecule is NCCCCC(NC1CCCCC1)C(=O)OCc1ccccc1. The Bertz CT molecular complexity index is 444. The van der Waals surface area contributed by atoms with E-state index in [-0.39, 0.29) is 12.0 Å². The van der Waals surface area contributed by atoms with Gasteiger partial charge in [-0.05, 0) is 37.8 Å². The first-order chi connectivity index (χ1) is 11.3. The first-order valence-electron chi connectivity index (χ1n) is 8.96. The van der Waals surface area contributed by atoms with E-state index in [2.05, 4.69) is 5.32 Å². The fourth-order valence-electron chi connectivity index (χ4n) is 3.15. The van der Waals surface area contributed by atoms with Gasteiger partial charge in [0.15, 0.2) is 0 Å². The van der Waals surface area contributed by atoms with Gasteiger partial charge in [-0.1, -0.05) is 56.0 Å². The normalized spacial score (nSPS) is 16.9. The molecule has 0 saturated heterocycles. The number of carbonyl (C=O) groups excluding carboxylic acids is 1.